The van der Waals surface area contributed by atoms with Crippen molar-refractivity contribution in [1.82, 2.24) is 0 Å². The second-order valence-electron chi connectivity index (χ2n) is 15.7. The summed E-state index contributed by atoms with van der Waals surface area (Å²) in [4.78, 5) is 22.6. The first-order valence-electron chi connectivity index (χ1n) is 23.9. The first-order valence-corrected chi connectivity index (χ1v) is 25.4. The number of aliphatic hydroxyl groups is 2. The minimum atomic E-state index is -4.53. The molecule has 0 bridgehead atoms. The van der Waals surface area contributed by atoms with Crippen LogP contribution < -0.4 is 0 Å². The molecule has 9 nitrogen and oxygen atoms in total. The highest BCUT2D eigenvalue weighted by atomic mass is 31.2. The molecule has 0 aromatic carbocycles. The molecule has 10 heteroatoms. The standard InChI is InChI=1S/C50H89O9P/c1-3-5-7-9-11-13-15-17-19-21-22-23-24-25-26-27-28-30-32-34-36-38-40-42-50(53)59-49(47-58-60(54,55)57-45-48(52)44-51)46-56-43-41-39-37-35-33-31-29-20-18-16-14-12-10-8-6-4-2/h6,8,12,14-15,17-18,20-22,31,33,48-49,51-52H,3-5,7,9-11,13,16,19,23-30,32,34-47H2,1-2H3,(H,54,55)/b8-6-,14-12-,17-15-,20-18-,22-21-,33-31-. The molecular formula is C50H89O9P. The van der Waals surface area contributed by atoms with E-state index >= 15 is 0 Å². The van der Waals surface area contributed by atoms with Gasteiger partial charge in [0.25, 0.3) is 0 Å². The van der Waals surface area contributed by atoms with Crippen molar-refractivity contribution in [3.05, 3.63) is 72.9 Å². The average Bonchev–Trinajstić information content (AvgIpc) is 3.24. The summed E-state index contributed by atoms with van der Waals surface area (Å²) in [7, 11) is -4.53. The van der Waals surface area contributed by atoms with Gasteiger partial charge in [-0.15, -0.1) is 0 Å². The van der Waals surface area contributed by atoms with E-state index in [1.807, 2.05) is 0 Å². The van der Waals surface area contributed by atoms with Crippen LogP contribution in [0.2, 0.25) is 0 Å². The Morgan fingerprint density at radius 3 is 1.43 bits per heavy atom. The predicted molar refractivity (Wildman–Crippen MR) is 251 cm³/mol. The van der Waals surface area contributed by atoms with Crippen molar-refractivity contribution in [2.24, 2.45) is 0 Å². The maximum Gasteiger partial charge on any atom is 0.472 e. The number of esters is 1. The highest BCUT2D eigenvalue weighted by Gasteiger charge is 2.26. The summed E-state index contributed by atoms with van der Waals surface area (Å²) in [5.74, 6) is -0.398. The molecule has 60 heavy (non-hydrogen) atoms. The molecule has 0 saturated heterocycles. The number of rotatable bonds is 45. The van der Waals surface area contributed by atoms with Crippen LogP contribution in [0.25, 0.3) is 0 Å². The second-order valence-corrected chi connectivity index (χ2v) is 17.2. The number of phosphoric ester groups is 1. The molecule has 0 rings (SSSR count). The Labute approximate surface area is 367 Å². The zero-order valence-electron chi connectivity index (χ0n) is 38.2. The Hall–Kier alpha value is -2.10. The lowest BCUT2D eigenvalue weighted by Gasteiger charge is -2.20. The number of hydrogen-bond donors (Lipinski definition) is 3. The first-order chi connectivity index (χ1) is 29.3. The topological polar surface area (TPSA) is 132 Å². The highest BCUT2D eigenvalue weighted by Crippen LogP contribution is 2.43. The van der Waals surface area contributed by atoms with E-state index in [1.165, 1.54) is 89.9 Å². The Balaban J connectivity index is 4.15. The number of ether oxygens (including phenoxy) is 2. The van der Waals surface area contributed by atoms with Gasteiger partial charge in [0.05, 0.1) is 26.4 Å². The van der Waals surface area contributed by atoms with Gasteiger partial charge in [-0.3, -0.25) is 13.8 Å². The molecule has 3 unspecified atom stereocenters. The largest absolute Gasteiger partial charge is 0.472 e. The molecule has 0 fully saturated rings. The normalized spacial score (nSPS) is 14.6. The van der Waals surface area contributed by atoms with Crippen LogP contribution in [0, 0.1) is 0 Å². The third-order valence-corrected chi connectivity index (χ3v) is 10.8. The summed E-state index contributed by atoms with van der Waals surface area (Å²) in [5, 5.41) is 18.4. The predicted octanol–water partition coefficient (Wildman–Crippen LogP) is 13.7. The van der Waals surface area contributed by atoms with E-state index in [0.29, 0.717) is 6.61 Å². The number of carbonyl (C=O) groups is 1. The van der Waals surface area contributed by atoms with Gasteiger partial charge >= 0.3 is 13.8 Å². The molecule has 0 aromatic heterocycles. The van der Waals surface area contributed by atoms with Crippen LogP contribution in [-0.2, 0) is 27.9 Å². The zero-order valence-corrected chi connectivity index (χ0v) is 39.1. The molecular weight excluding hydrogens is 776 g/mol. The lowest BCUT2D eigenvalue weighted by atomic mass is 10.0. The second kappa shape index (κ2) is 46.4. The highest BCUT2D eigenvalue weighted by molar-refractivity contribution is 7.47. The molecule has 0 aromatic rings. The molecule has 0 saturated carbocycles. The lowest BCUT2D eigenvalue weighted by molar-refractivity contribution is -0.154. The fourth-order valence-electron chi connectivity index (χ4n) is 6.26. The van der Waals surface area contributed by atoms with Crippen molar-refractivity contribution >= 4 is 13.8 Å². The summed E-state index contributed by atoms with van der Waals surface area (Å²) in [6, 6.07) is 0. The molecule has 0 amide bonds. The number of phosphoric acid groups is 1. The molecule has 0 aliphatic carbocycles. The zero-order chi connectivity index (χ0) is 43.9. The van der Waals surface area contributed by atoms with E-state index in [2.05, 4.69) is 86.8 Å². The average molecular weight is 865 g/mol. The van der Waals surface area contributed by atoms with Gasteiger partial charge in [-0.2, -0.15) is 0 Å². The number of hydrogen-bond acceptors (Lipinski definition) is 8. The summed E-state index contributed by atoms with van der Waals surface area (Å²) >= 11 is 0. The number of aliphatic hydroxyl groups excluding tert-OH is 2. The van der Waals surface area contributed by atoms with Crippen LogP contribution in [0.15, 0.2) is 72.9 Å². The van der Waals surface area contributed by atoms with E-state index < -0.39 is 45.8 Å². The van der Waals surface area contributed by atoms with Gasteiger partial charge in [-0.25, -0.2) is 4.57 Å². The third-order valence-electron chi connectivity index (χ3n) is 9.88. The number of unbranched alkanes of at least 4 members (excludes halogenated alkanes) is 19. The smallest absolute Gasteiger partial charge is 0.457 e. The molecule has 348 valence electrons. The van der Waals surface area contributed by atoms with Crippen molar-refractivity contribution in [2.75, 3.05) is 33.0 Å². The van der Waals surface area contributed by atoms with Gasteiger partial charge in [0.15, 0.2) is 0 Å². The maximum absolute atomic E-state index is 12.7. The Morgan fingerprint density at radius 2 is 0.950 bits per heavy atom. The minimum absolute atomic E-state index is 0.0239. The SMILES string of the molecule is CC/C=C\C/C=C\C/C=C\C/C=C\CCCCCOCC(COP(=O)(O)OCC(O)CO)OC(=O)CCCCCCCCCCCCC/C=C\C/C=C\CCCCCCC. The van der Waals surface area contributed by atoms with Gasteiger partial charge < -0.3 is 24.6 Å². The molecule has 0 heterocycles. The number of allylic oxidation sites excluding steroid dienone is 12. The summed E-state index contributed by atoms with van der Waals surface area (Å²) in [5.41, 5.74) is 0. The summed E-state index contributed by atoms with van der Waals surface area (Å²) in [6.07, 6.45) is 55.8. The van der Waals surface area contributed by atoms with E-state index in [1.54, 1.807) is 0 Å². The fourth-order valence-corrected chi connectivity index (χ4v) is 7.05. The van der Waals surface area contributed by atoms with Crippen LogP contribution >= 0.6 is 7.82 Å². The lowest BCUT2D eigenvalue weighted by Crippen LogP contribution is -2.29. The van der Waals surface area contributed by atoms with Crippen molar-refractivity contribution in [1.29, 1.82) is 0 Å². The maximum atomic E-state index is 12.7. The van der Waals surface area contributed by atoms with E-state index in [9.17, 15) is 19.4 Å². The van der Waals surface area contributed by atoms with Crippen LogP contribution in [-0.4, -0.2) is 66.3 Å². The van der Waals surface area contributed by atoms with Crippen LogP contribution in [0.5, 0.6) is 0 Å². The Kier molecular flexibility index (Phi) is 44.8. The summed E-state index contributed by atoms with van der Waals surface area (Å²) < 4.78 is 33.4. The molecule has 3 atom stereocenters. The van der Waals surface area contributed by atoms with Crippen molar-refractivity contribution in [2.45, 2.75) is 206 Å². The van der Waals surface area contributed by atoms with Gasteiger partial charge in [0.1, 0.15) is 12.2 Å². The van der Waals surface area contributed by atoms with Crippen molar-refractivity contribution < 1.29 is 43.0 Å². The number of carbonyl (C=O) groups excluding carboxylic acids is 1. The van der Waals surface area contributed by atoms with E-state index in [4.69, 9.17) is 23.6 Å². The molecule has 0 aliphatic heterocycles. The van der Waals surface area contributed by atoms with E-state index in [-0.39, 0.29) is 13.0 Å². The first kappa shape index (κ1) is 57.9. The quantitative estimate of drug-likeness (QED) is 0.0237. The summed E-state index contributed by atoms with van der Waals surface area (Å²) in [6.45, 7) is 3.31. The van der Waals surface area contributed by atoms with Crippen molar-refractivity contribution in [3.63, 3.8) is 0 Å². The molecule has 3 N–H and O–H groups in total. The monoisotopic (exact) mass is 865 g/mol. The third kappa shape index (κ3) is 45.4. The molecule has 0 aliphatic rings. The van der Waals surface area contributed by atoms with Gasteiger partial charge in [0, 0.05) is 13.0 Å². The van der Waals surface area contributed by atoms with Gasteiger partial charge in [0.2, 0.25) is 0 Å². The van der Waals surface area contributed by atoms with E-state index in [0.717, 1.165) is 83.5 Å². The Bertz CT molecular complexity index is 1160. The van der Waals surface area contributed by atoms with Crippen LogP contribution in [0.4, 0.5) is 0 Å². The van der Waals surface area contributed by atoms with Crippen LogP contribution in [0.1, 0.15) is 194 Å². The van der Waals surface area contributed by atoms with Gasteiger partial charge in [-0.05, 0) is 83.5 Å². The van der Waals surface area contributed by atoms with Crippen molar-refractivity contribution in [3.8, 4) is 0 Å². The van der Waals surface area contributed by atoms with Crippen LogP contribution in [0.3, 0.4) is 0 Å². The fraction of sp³-hybridized carbons (Fsp3) is 0.740. The Morgan fingerprint density at radius 1 is 0.533 bits per heavy atom. The molecule has 0 radical (unpaired) electrons. The van der Waals surface area contributed by atoms with Gasteiger partial charge in [-0.1, -0.05) is 177 Å². The molecule has 0 spiro atoms. The minimum Gasteiger partial charge on any atom is -0.457 e.